The van der Waals surface area contributed by atoms with Crippen LogP contribution in [0.1, 0.15) is 5.69 Å². The van der Waals surface area contributed by atoms with Crippen molar-refractivity contribution in [3.63, 3.8) is 0 Å². The summed E-state index contributed by atoms with van der Waals surface area (Å²) in [5, 5.41) is 29.5. The van der Waals surface area contributed by atoms with Gasteiger partial charge in [-0.05, 0) is 11.0 Å². The Bertz CT molecular complexity index is 1110. The van der Waals surface area contributed by atoms with E-state index in [0.29, 0.717) is 23.5 Å². The van der Waals surface area contributed by atoms with Gasteiger partial charge in [0.1, 0.15) is 29.9 Å². The molecule has 0 bridgehead atoms. The molecule has 2 aliphatic rings. The molecule has 2 aliphatic heterocycles. The zero-order valence-corrected chi connectivity index (χ0v) is 19.3. The number of anilines is 1. The number of fused-ring (bicyclic) bond motifs is 1. The van der Waals surface area contributed by atoms with E-state index in [1.54, 1.807) is 5.41 Å². The molecule has 0 aromatic carbocycles. The number of carbonyl (C=O) groups is 4. The lowest BCUT2D eigenvalue weighted by Gasteiger charge is -2.49. The second-order valence-corrected chi connectivity index (χ2v) is 9.14. The van der Waals surface area contributed by atoms with Crippen LogP contribution in [0.5, 0.6) is 0 Å². The number of nitriles is 1. The Labute approximate surface area is 199 Å². The van der Waals surface area contributed by atoms with Gasteiger partial charge in [0.05, 0.1) is 6.07 Å². The molecule has 33 heavy (non-hydrogen) atoms. The normalized spacial score (nSPS) is 20.1. The van der Waals surface area contributed by atoms with Gasteiger partial charge < -0.3 is 20.6 Å². The number of aromatic nitrogens is 1. The number of nitrogens with one attached hydrogen (secondary N) is 2. The van der Waals surface area contributed by atoms with Crippen LogP contribution < -0.4 is 10.6 Å². The minimum atomic E-state index is -1.24. The standard InChI is InChI=1S/C18H16N6O6S3/c1-30-23-11(10-7-33-18(21-10)20-8-25)14(26)22-12-15(27)24-13(17(28)29)9(6-32-16(12)24)5-31-4-2-3-19/h2,4,7-8,12,16H,5-6H2,1H3,(H,22,26)(H,28,29)(H,20,21,25)/b4-2+,23-11-/t12?,16-/m1/s1. The number of thioether (sulfide) groups is 2. The number of hydrogen-bond acceptors (Lipinski definition) is 11. The number of oxime groups is 1. The molecule has 3 N–H and O–H groups in total. The number of carbonyl (C=O) groups excluding carboxylic acids is 3. The average Bonchev–Trinajstić information content (AvgIpc) is 3.26. The predicted molar refractivity (Wildman–Crippen MR) is 122 cm³/mol. The first-order valence-corrected chi connectivity index (χ1v) is 12.0. The number of carboxylic acids is 1. The van der Waals surface area contributed by atoms with Crippen LogP contribution in [0, 0.1) is 11.3 Å². The van der Waals surface area contributed by atoms with Gasteiger partial charge in [-0.1, -0.05) is 5.16 Å². The SMILES string of the molecule is CO/N=C(\C(=O)NC1C(=O)N2C(C(=O)O)=C(CS/C=C/C#N)CS[C@H]12)c1csc(NC=O)n1. The topological polar surface area (TPSA) is 174 Å². The van der Waals surface area contributed by atoms with Crippen LogP contribution in [0.2, 0.25) is 0 Å². The molecule has 1 aromatic rings. The number of amides is 3. The number of carboxylic acid groups (broad SMARTS) is 1. The fourth-order valence-electron chi connectivity index (χ4n) is 3.03. The lowest BCUT2D eigenvalue weighted by atomic mass is 10.0. The summed E-state index contributed by atoms with van der Waals surface area (Å²) in [7, 11) is 1.24. The van der Waals surface area contributed by atoms with Crippen molar-refractivity contribution in [3.05, 3.63) is 33.8 Å². The quantitative estimate of drug-likeness (QED) is 0.133. The fourth-order valence-corrected chi connectivity index (χ4v) is 5.85. The van der Waals surface area contributed by atoms with E-state index in [-0.39, 0.29) is 22.2 Å². The molecule has 0 radical (unpaired) electrons. The predicted octanol–water partition coefficient (Wildman–Crippen LogP) is 0.571. The highest BCUT2D eigenvalue weighted by Gasteiger charge is 2.54. The first-order valence-electron chi connectivity index (χ1n) is 9.07. The largest absolute Gasteiger partial charge is 0.477 e. The molecule has 3 amide bonds. The summed E-state index contributed by atoms with van der Waals surface area (Å²) in [6.07, 6.45) is 1.72. The third-order valence-electron chi connectivity index (χ3n) is 4.36. The van der Waals surface area contributed by atoms with E-state index >= 15 is 0 Å². The molecule has 1 fully saturated rings. The second kappa shape index (κ2) is 11.0. The Morgan fingerprint density at radius 3 is 3.00 bits per heavy atom. The zero-order chi connectivity index (χ0) is 24.0. The molecule has 15 heteroatoms. The minimum Gasteiger partial charge on any atom is -0.477 e. The molecule has 172 valence electrons. The van der Waals surface area contributed by atoms with E-state index in [4.69, 9.17) is 10.1 Å². The summed E-state index contributed by atoms with van der Waals surface area (Å²) in [5.41, 5.74) is 0.380. The summed E-state index contributed by atoms with van der Waals surface area (Å²) >= 11 is 3.65. The maximum absolute atomic E-state index is 12.8. The highest BCUT2D eigenvalue weighted by Crippen LogP contribution is 2.41. The molecule has 1 saturated heterocycles. The Balaban J connectivity index is 1.75. The number of aliphatic carboxylic acids is 1. The molecular formula is C18H16N6O6S3. The number of allylic oxidation sites excluding steroid dienone is 1. The smallest absolute Gasteiger partial charge is 0.352 e. The lowest BCUT2D eigenvalue weighted by molar-refractivity contribution is -0.150. The number of hydrogen-bond donors (Lipinski definition) is 3. The van der Waals surface area contributed by atoms with Gasteiger partial charge >= 0.3 is 5.97 Å². The van der Waals surface area contributed by atoms with Gasteiger partial charge in [-0.2, -0.15) is 5.26 Å². The highest BCUT2D eigenvalue weighted by molar-refractivity contribution is 8.02. The molecule has 12 nitrogen and oxygen atoms in total. The van der Waals surface area contributed by atoms with E-state index in [2.05, 4.69) is 20.8 Å². The first kappa shape index (κ1) is 24.3. The maximum Gasteiger partial charge on any atom is 0.352 e. The summed E-state index contributed by atoms with van der Waals surface area (Å²) in [5.74, 6) is -1.88. The van der Waals surface area contributed by atoms with E-state index in [1.807, 2.05) is 6.07 Å². The van der Waals surface area contributed by atoms with Crippen LogP contribution in [0.15, 0.2) is 33.3 Å². The molecule has 3 heterocycles. The molecule has 2 atom stereocenters. The van der Waals surface area contributed by atoms with Crippen LogP contribution in [-0.2, 0) is 24.0 Å². The van der Waals surface area contributed by atoms with Gasteiger partial charge in [0.25, 0.3) is 11.8 Å². The van der Waals surface area contributed by atoms with Crippen molar-refractivity contribution in [2.75, 3.05) is 23.9 Å². The van der Waals surface area contributed by atoms with E-state index in [1.165, 1.54) is 42.1 Å². The Morgan fingerprint density at radius 1 is 1.55 bits per heavy atom. The first-order chi connectivity index (χ1) is 15.9. The van der Waals surface area contributed by atoms with E-state index < -0.39 is 29.2 Å². The van der Waals surface area contributed by atoms with Gasteiger partial charge in [-0.15, -0.1) is 34.9 Å². The second-order valence-electron chi connectivity index (χ2n) is 6.28. The number of rotatable bonds is 10. The van der Waals surface area contributed by atoms with Crippen molar-refractivity contribution in [3.8, 4) is 6.07 Å². The molecule has 3 rings (SSSR count). The van der Waals surface area contributed by atoms with E-state index in [9.17, 15) is 24.3 Å². The van der Waals surface area contributed by atoms with Crippen molar-refractivity contribution >= 4 is 69.9 Å². The van der Waals surface area contributed by atoms with Crippen LogP contribution in [0.3, 0.4) is 0 Å². The maximum atomic E-state index is 12.8. The summed E-state index contributed by atoms with van der Waals surface area (Å²) in [4.78, 5) is 58.0. The van der Waals surface area contributed by atoms with Crippen LogP contribution in [-0.4, -0.2) is 74.9 Å². The van der Waals surface area contributed by atoms with Crippen molar-refractivity contribution < 1.29 is 29.1 Å². The van der Waals surface area contributed by atoms with Gasteiger partial charge in [-0.3, -0.25) is 19.3 Å². The molecule has 1 aromatic heterocycles. The highest BCUT2D eigenvalue weighted by atomic mass is 32.2. The summed E-state index contributed by atoms with van der Waals surface area (Å²) in [6, 6.07) is 0.889. The van der Waals surface area contributed by atoms with Crippen LogP contribution in [0.25, 0.3) is 0 Å². The third kappa shape index (κ3) is 5.18. The van der Waals surface area contributed by atoms with Gasteiger partial charge in [-0.25, -0.2) is 9.78 Å². The van der Waals surface area contributed by atoms with Gasteiger partial charge in [0.2, 0.25) is 6.41 Å². The van der Waals surface area contributed by atoms with Gasteiger partial charge in [0.15, 0.2) is 10.8 Å². The van der Waals surface area contributed by atoms with Crippen molar-refractivity contribution in [2.45, 2.75) is 11.4 Å². The lowest BCUT2D eigenvalue weighted by Crippen LogP contribution is -2.71. The number of thiazole rings is 1. The molecule has 1 unspecified atom stereocenters. The van der Waals surface area contributed by atoms with Crippen LogP contribution >= 0.6 is 34.9 Å². The monoisotopic (exact) mass is 508 g/mol. The van der Waals surface area contributed by atoms with Crippen molar-refractivity contribution in [1.82, 2.24) is 15.2 Å². The van der Waals surface area contributed by atoms with E-state index in [0.717, 1.165) is 16.2 Å². The van der Waals surface area contributed by atoms with Crippen molar-refractivity contribution in [2.24, 2.45) is 5.16 Å². The Morgan fingerprint density at radius 2 is 2.33 bits per heavy atom. The molecule has 0 saturated carbocycles. The molecular weight excluding hydrogens is 492 g/mol. The summed E-state index contributed by atoms with van der Waals surface area (Å²) < 4.78 is 0. The number of nitrogens with zero attached hydrogens (tertiary/aromatic N) is 4. The zero-order valence-electron chi connectivity index (χ0n) is 16.9. The number of β-lactam (4-membered cyclic amide) rings is 1. The Hall–Kier alpha value is -3.35. The summed E-state index contributed by atoms with van der Waals surface area (Å²) in [6.45, 7) is 0. The minimum absolute atomic E-state index is 0.109. The van der Waals surface area contributed by atoms with Crippen LogP contribution in [0.4, 0.5) is 5.13 Å². The third-order valence-corrected chi connectivity index (χ3v) is 7.32. The average molecular weight is 509 g/mol. The fraction of sp³-hybridized carbons (Fsp3) is 0.278. The van der Waals surface area contributed by atoms with Crippen molar-refractivity contribution in [1.29, 1.82) is 5.26 Å². The molecule has 0 aliphatic carbocycles. The Kier molecular flexibility index (Phi) is 8.09. The van der Waals surface area contributed by atoms with Gasteiger partial charge in [0, 0.05) is 23.0 Å². The molecule has 0 spiro atoms.